The van der Waals surface area contributed by atoms with Gasteiger partial charge in [-0.25, -0.2) is 15.0 Å². The minimum absolute atomic E-state index is 0.243. The van der Waals surface area contributed by atoms with Gasteiger partial charge in [-0.3, -0.25) is 0 Å². The number of rotatable bonds is 5. The van der Waals surface area contributed by atoms with Crippen molar-refractivity contribution >= 4 is 0 Å². The summed E-state index contributed by atoms with van der Waals surface area (Å²) in [6.07, 6.45) is 0. The van der Waals surface area contributed by atoms with E-state index in [9.17, 15) is 5.26 Å². The molecule has 0 amide bonds. The fourth-order valence-corrected chi connectivity index (χ4v) is 6.71. The van der Waals surface area contributed by atoms with Crippen LogP contribution in [-0.4, -0.2) is 15.0 Å². The van der Waals surface area contributed by atoms with Crippen molar-refractivity contribution in [1.82, 2.24) is 15.0 Å². The second kappa shape index (κ2) is 11.3. The van der Waals surface area contributed by atoms with Gasteiger partial charge in [0.25, 0.3) is 0 Å². The van der Waals surface area contributed by atoms with Gasteiger partial charge in [0.05, 0.1) is 11.6 Å². The third-order valence-corrected chi connectivity index (χ3v) is 9.18. The van der Waals surface area contributed by atoms with Crippen molar-refractivity contribution in [3.05, 3.63) is 162 Å². The number of nitriles is 1. The van der Waals surface area contributed by atoms with Gasteiger partial charge in [-0.1, -0.05) is 135 Å². The Kier molecular flexibility index (Phi) is 6.82. The maximum Gasteiger partial charge on any atom is 0.164 e. The van der Waals surface area contributed by atoms with E-state index in [1.165, 1.54) is 22.3 Å². The lowest BCUT2D eigenvalue weighted by atomic mass is 9.81. The number of nitrogens with zero attached hydrogens (tertiary/aromatic N) is 4. The number of fused-ring (bicyclic) bond motifs is 3. The van der Waals surface area contributed by atoms with Crippen LogP contribution in [-0.2, 0) is 5.41 Å². The van der Waals surface area contributed by atoms with Gasteiger partial charge in [0, 0.05) is 22.1 Å². The fourth-order valence-electron chi connectivity index (χ4n) is 6.71. The van der Waals surface area contributed by atoms with Crippen LogP contribution in [0.1, 0.15) is 30.5 Å². The molecule has 0 bridgehead atoms. The van der Waals surface area contributed by atoms with Crippen LogP contribution in [0, 0.1) is 11.3 Å². The van der Waals surface area contributed by atoms with Crippen LogP contribution < -0.4 is 0 Å². The molecule has 0 saturated carbocycles. The third kappa shape index (κ3) is 4.99. The average molecular weight is 603 g/mol. The number of benzene rings is 6. The summed E-state index contributed by atoms with van der Waals surface area (Å²) in [7, 11) is 0. The van der Waals surface area contributed by atoms with Crippen LogP contribution in [0.2, 0.25) is 0 Å². The van der Waals surface area contributed by atoms with Crippen LogP contribution >= 0.6 is 0 Å². The standard InChI is InChI=1S/C43H30N4/c1-43(2)38-24-28(27-44)20-22-35(38)36-23-21-32(26-39(36)43)34-18-9-10-19-37(34)42-46-40(30-14-7-4-8-15-30)45-41(47-42)33-17-11-16-31(25-33)29-12-5-3-6-13-29/h3-26H,1-2H3. The lowest BCUT2D eigenvalue weighted by Gasteiger charge is -2.22. The van der Waals surface area contributed by atoms with Crippen LogP contribution in [0.15, 0.2) is 146 Å². The molecule has 7 aromatic rings. The van der Waals surface area contributed by atoms with Gasteiger partial charge in [-0.15, -0.1) is 0 Å². The van der Waals surface area contributed by atoms with Gasteiger partial charge < -0.3 is 0 Å². The van der Waals surface area contributed by atoms with E-state index < -0.39 is 0 Å². The van der Waals surface area contributed by atoms with E-state index in [4.69, 9.17) is 15.0 Å². The number of hydrogen-bond acceptors (Lipinski definition) is 4. The Balaban J connectivity index is 1.28. The van der Waals surface area contributed by atoms with Crippen molar-refractivity contribution in [3.63, 3.8) is 0 Å². The highest BCUT2D eigenvalue weighted by atomic mass is 15.0. The van der Waals surface area contributed by atoms with Gasteiger partial charge in [-0.05, 0) is 68.8 Å². The monoisotopic (exact) mass is 602 g/mol. The normalized spacial score (nSPS) is 12.6. The second-order valence-electron chi connectivity index (χ2n) is 12.4. The second-order valence-corrected chi connectivity index (χ2v) is 12.4. The van der Waals surface area contributed by atoms with Crippen molar-refractivity contribution < 1.29 is 0 Å². The van der Waals surface area contributed by atoms with Gasteiger partial charge in [-0.2, -0.15) is 5.26 Å². The Morgan fingerprint density at radius 2 is 0.979 bits per heavy atom. The van der Waals surface area contributed by atoms with Gasteiger partial charge in [0.2, 0.25) is 0 Å². The molecular formula is C43H30N4. The van der Waals surface area contributed by atoms with E-state index in [1.807, 2.05) is 54.6 Å². The Hall–Kier alpha value is -6.18. The Morgan fingerprint density at radius 3 is 1.70 bits per heavy atom. The summed E-state index contributed by atoms with van der Waals surface area (Å²) in [6, 6.07) is 52.2. The molecule has 0 unspecified atom stereocenters. The van der Waals surface area contributed by atoms with E-state index >= 15 is 0 Å². The molecule has 47 heavy (non-hydrogen) atoms. The molecule has 1 aliphatic rings. The predicted molar refractivity (Wildman–Crippen MR) is 189 cm³/mol. The zero-order chi connectivity index (χ0) is 32.0. The predicted octanol–water partition coefficient (Wildman–Crippen LogP) is 10.4. The molecule has 1 aromatic heterocycles. The molecule has 6 aromatic carbocycles. The molecule has 0 spiro atoms. The van der Waals surface area contributed by atoms with Crippen LogP contribution in [0.3, 0.4) is 0 Å². The van der Waals surface area contributed by atoms with Crippen molar-refractivity contribution in [2.45, 2.75) is 19.3 Å². The molecule has 1 aliphatic carbocycles. The lowest BCUT2D eigenvalue weighted by molar-refractivity contribution is 0.660. The third-order valence-electron chi connectivity index (χ3n) is 9.18. The molecule has 4 heteroatoms. The molecular weight excluding hydrogens is 573 g/mol. The fraction of sp³-hybridized carbons (Fsp3) is 0.0698. The highest BCUT2D eigenvalue weighted by Gasteiger charge is 2.36. The topological polar surface area (TPSA) is 62.5 Å². The molecule has 8 rings (SSSR count). The molecule has 0 N–H and O–H groups in total. The minimum Gasteiger partial charge on any atom is -0.208 e. The summed E-state index contributed by atoms with van der Waals surface area (Å²) in [5.41, 5.74) is 12.5. The SMILES string of the molecule is CC1(C)c2cc(C#N)ccc2-c2ccc(-c3ccccc3-c3nc(-c4ccccc4)nc(-c4cccc(-c5ccccc5)c4)n3)cc21. The maximum atomic E-state index is 9.57. The number of hydrogen-bond donors (Lipinski definition) is 0. The summed E-state index contributed by atoms with van der Waals surface area (Å²) in [6.45, 7) is 4.48. The van der Waals surface area contributed by atoms with Gasteiger partial charge in [0.15, 0.2) is 17.5 Å². The zero-order valence-electron chi connectivity index (χ0n) is 26.1. The molecule has 0 aliphatic heterocycles. The van der Waals surface area contributed by atoms with E-state index in [-0.39, 0.29) is 5.41 Å². The van der Waals surface area contributed by atoms with Gasteiger partial charge >= 0.3 is 0 Å². The van der Waals surface area contributed by atoms with Crippen molar-refractivity contribution in [1.29, 1.82) is 5.26 Å². The Morgan fingerprint density at radius 1 is 0.426 bits per heavy atom. The highest BCUT2D eigenvalue weighted by Crippen LogP contribution is 2.50. The number of aromatic nitrogens is 3. The minimum atomic E-state index is -0.243. The Bertz CT molecular complexity index is 2330. The van der Waals surface area contributed by atoms with Crippen molar-refractivity contribution in [3.8, 4) is 73.6 Å². The molecule has 0 fully saturated rings. The summed E-state index contributed by atoms with van der Waals surface area (Å²) in [4.78, 5) is 15.2. The quantitative estimate of drug-likeness (QED) is 0.197. The summed E-state index contributed by atoms with van der Waals surface area (Å²) < 4.78 is 0. The van der Waals surface area contributed by atoms with Crippen LogP contribution in [0.25, 0.3) is 67.5 Å². The van der Waals surface area contributed by atoms with E-state index in [0.29, 0.717) is 23.0 Å². The Labute approximate surface area is 274 Å². The zero-order valence-corrected chi connectivity index (χ0v) is 26.1. The first-order chi connectivity index (χ1) is 23.0. The van der Waals surface area contributed by atoms with Crippen LogP contribution in [0.5, 0.6) is 0 Å². The molecule has 1 heterocycles. The summed E-state index contributed by atoms with van der Waals surface area (Å²) in [5, 5.41) is 9.57. The highest BCUT2D eigenvalue weighted by molar-refractivity contribution is 5.87. The maximum absolute atomic E-state index is 9.57. The molecule has 222 valence electrons. The molecule has 0 radical (unpaired) electrons. The van der Waals surface area contributed by atoms with Crippen molar-refractivity contribution in [2.75, 3.05) is 0 Å². The van der Waals surface area contributed by atoms with E-state index in [1.54, 1.807) is 0 Å². The lowest BCUT2D eigenvalue weighted by Crippen LogP contribution is -2.15. The summed E-state index contributed by atoms with van der Waals surface area (Å²) >= 11 is 0. The van der Waals surface area contributed by atoms with Crippen LogP contribution in [0.4, 0.5) is 0 Å². The smallest absolute Gasteiger partial charge is 0.164 e. The first kappa shape index (κ1) is 28.3. The summed E-state index contributed by atoms with van der Waals surface area (Å²) in [5.74, 6) is 1.88. The average Bonchev–Trinajstić information content (AvgIpc) is 3.37. The molecule has 0 saturated heterocycles. The van der Waals surface area contributed by atoms with Crippen molar-refractivity contribution in [2.24, 2.45) is 0 Å². The first-order valence-corrected chi connectivity index (χ1v) is 15.8. The first-order valence-electron chi connectivity index (χ1n) is 15.8. The van der Waals surface area contributed by atoms with Gasteiger partial charge in [0.1, 0.15) is 0 Å². The largest absolute Gasteiger partial charge is 0.208 e. The van der Waals surface area contributed by atoms with E-state index in [2.05, 4.69) is 111 Å². The molecule has 4 nitrogen and oxygen atoms in total. The molecule has 0 atom stereocenters. The van der Waals surface area contributed by atoms with E-state index in [0.717, 1.165) is 38.9 Å².